The monoisotopic (exact) mass is 255 g/mol. The minimum Gasteiger partial charge on any atom is -0.348 e. The molecule has 0 unspecified atom stereocenters. The number of hydrogen-bond donors (Lipinski definition) is 3. The molecule has 0 saturated heterocycles. The van der Waals surface area contributed by atoms with Crippen LogP contribution < -0.4 is 16.6 Å². The molecular formula is C15H17N3O. The van der Waals surface area contributed by atoms with Gasteiger partial charge in [0.05, 0.1) is 11.3 Å². The van der Waals surface area contributed by atoms with Gasteiger partial charge in [-0.05, 0) is 24.6 Å². The molecule has 4 heteroatoms. The maximum atomic E-state index is 12.1. The zero-order chi connectivity index (χ0) is 13.7. The van der Waals surface area contributed by atoms with E-state index in [1.807, 2.05) is 49.4 Å². The van der Waals surface area contributed by atoms with Gasteiger partial charge in [-0.25, -0.2) is 0 Å². The van der Waals surface area contributed by atoms with E-state index < -0.39 is 0 Å². The Hall–Kier alpha value is -2.33. The van der Waals surface area contributed by atoms with Crippen LogP contribution in [0.2, 0.25) is 0 Å². The molecule has 4 nitrogen and oxygen atoms in total. The maximum Gasteiger partial charge on any atom is 0.253 e. The van der Waals surface area contributed by atoms with Crippen LogP contribution in [0.15, 0.2) is 48.5 Å². The van der Waals surface area contributed by atoms with Crippen LogP contribution in [-0.2, 0) is 6.54 Å². The van der Waals surface area contributed by atoms with Gasteiger partial charge in [-0.3, -0.25) is 10.6 Å². The molecular weight excluding hydrogens is 238 g/mol. The fourth-order valence-electron chi connectivity index (χ4n) is 1.85. The zero-order valence-electron chi connectivity index (χ0n) is 10.8. The largest absolute Gasteiger partial charge is 0.348 e. The van der Waals surface area contributed by atoms with Crippen molar-refractivity contribution in [1.29, 1.82) is 0 Å². The molecule has 0 aliphatic carbocycles. The first-order valence-electron chi connectivity index (χ1n) is 6.10. The van der Waals surface area contributed by atoms with E-state index in [9.17, 15) is 4.79 Å². The molecule has 0 heterocycles. The summed E-state index contributed by atoms with van der Waals surface area (Å²) in [7, 11) is 0. The lowest BCUT2D eigenvalue weighted by Gasteiger charge is -2.10. The topological polar surface area (TPSA) is 67.1 Å². The second-order valence-electron chi connectivity index (χ2n) is 4.36. The van der Waals surface area contributed by atoms with E-state index in [-0.39, 0.29) is 5.91 Å². The fraction of sp³-hybridized carbons (Fsp3) is 0.133. The number of nitrogens with one attached hydrogen (secondary N) is 2. The molecule has 0 aliphatic rings. The van der Waals surface area contributed by atoms with E-state index in [4.69, 9.17) is 5.84 Å². The molecule has 4 N–H and O–H groups in total. The summed E-state index contributed by atoms with van der Waals surface area (Å²) in [4.78, 5) is 12.1. The third-order valence-corrected chi connectivity index (χ3v) is 2.87. The zero-order valence-corrected chi connectivity index (χ0v) is 10.8. The molecule has 0 radical (unpaired) electrons. The summed E-state index contributed by atoms with van der Waals surface area (Å²) >= 11 is 0. The number of hydrazine groups is 1. The molecule has 1 amide bonds. The molecule has 0 spiro atoms. The van der Waals surface area contributed by atoms with Gasteiger partial charge in [-0.1, -0.05) is 42.0 Å². The van der Waals surface area contributed by atoms with Crippen LogP contribution >= 0.6 is 0 Å². The van der Waals surface area contributed by atoms with Gasteiger partial charge in [0.25, 0.3) is 5.91 Å². The summed E-state index contributed by atoms with van der Waals surface area (Å²) in [6.45, 7) is 2.44. The molecule has 0 aliphatic heterocycles. The lowest BCUT2D eigenvalue weighted by molar-refractivity contribution is 0.0951. The normalized spacial score (nSPS) is 10.0. The number of carbonyl (C=O) groups excluding carboxylic acids is 1. The van der Waals surface area contributed by atoms with Crippen molar-refractivity contribution in [2.45, 2.75) is 13.5 Å². The van der Waals surface area contributed by atoms with Crippen LogP contribution in [0, 0.1) is 6.92 Å². The van der Waals surface area contributed by atoms with Gasteiger partial charge in [-0.2, -0.15) is 0 Å². The second kappa shape index (κ2) is 6.02. The van der Waals surface area contributed by atoms with Gasteiger partial charge >= 0.3 is 0 Å². The first kappa shape index (κ1) is 13.1. The van der Waals surface area contributed by atoms with Gasteiger partial charge in [0.1, 0.15) is 0 Å². The minimum atomic E-state index is -0.138. The number of hydrogen-bond acceptors (Lipinski definition) is 3. The maximum absolute atomic E-state index is 12.1. The average molecular weight is 255 g/mol. The van der Waals surface area contributed by atoms with Gasteiger partial charge < -0.3 is 10.7 Å². The summed E-state index contributed by atoms with van der Waals surface area (Å²) in [6.07, 6.45) is 0. The highest BCUT2D eigenvalue weighted by Crippen LogP contribution is 2.16. The predicted octanol–water partition coefficient (Wildman–Crippen LogP) is 2.21. The Kier molecular flexibility index (Phi) is 4.15. The van der Waals surface area contributed by atoms with E-state index in [1.165, 1.54) is 0 Å². The molecule has 0 atom stereocenters. The number of benzene rings is 2. The molecule has 0 aromatic heterocycles. The summed E-state index contributed by atoms with van der Waals surface area (Å²) in [5.41, 5.74) is 5.79. The van der Waals surface area contributed by atoms with Crippen LogP contribution in [0.1, 0.15) is 21.5 Å². The van der Waals surface area contributed by atoms with Crippen LogP contribution in [0.3, 0.4) is 0 Å². The third kappa shape index (κ3) is 3.33. The number of nitrogen functional groups attached to an aromatic ring is 1. The molecule has 0 bridgehead atoms. The number of anilines is 1. The van der Waals surface area contributed by atoms with Gasteiger partial charge in [0.2, 0.25) is 0 Å². The molecule has 0 fully saturated rings. The SMILES string of the molecule is Cc1ccc(NN)c(C(=O)NCc2ccccc2)c1. The highest BCUT2D eigenvalue weighted by Gasteiger charge is 2.10. The van der Waals surface area contributed by atoms with Crippen LogP contribution in [-0.4, -0.2) is 5.91 Å². The van der Waals surface area contributed by atoms with Crippen molar-refractivity contribution in [1.82, 2.24) is 5.32 Å². The number of amides is 1. The van der Waals surface area contributed by atoms with E-state index in [0.717, 1.165) is 11.1 Å². The first-order valence-corrected chi connectivity index (χ1v) is 6.10. The van der Waals surface area contributed by atoms with Crippen molar-refractivity contribution in [3.63, 3.8) is 0 Å². The quantitative estimate of drug-likeness (QED) is 0.579. The first-order chi connectivity index (χ1) is 9.20. The number of nitrogens with two attached hydrogens (primary N) is 1. The van der Waals surface area contributed by atoms with Crippen molar-refractivity contribution in [2.24, 2.45) is 5.84 Å². The standard InChI is InChI=1S/C15H17N3O/c1-11-7-8-14(18-16)13(9-11)15(19)17-10-12-5-3-2-4-6-12/h2-9,18H,10,16H2,1H3,(H,17,19). The molecule has 0 saturated carbocycles. The van der Waals surface area contributed by atoms with E-state index in [1.54, 1.807) is 6.07 Å². The van der Waals surface area contributed by atoms with Gasteiger partial charge in [0, 0.05) is 6.54 Å². The van der Waals surface area contributed by atoms with Crippen LogP contribution in [0.4, 0.5) is 5.69 Å². The highest BCUT2D eigenvalue weighted by atomic mass is 16.1. The molecule has 2 aromatic rings. The lowest BCUT2D eigenvalue weighted by Crippen LogP contribution is -2.24. The van der Waals surface area contributed by atoms with Crippen LogP contribution in [0.5, 0.6) is 0 Å². The molecule has 2 rings (SSSR count). The molecule has 98 valence electrons. The van der Waals surface area contributed by atoms with Crippen molar-refractivity contribution >= 4 is 11.6 Å². The van der Waals surface area contributed by atoms with Gasteiger partial charge in [0.15, 0.2) is 0 Å². The Morgan fingerprint density at radius 3 is 2.58 bits per heavy atom. The summed E-state index contributed by atoms with van der Waals surface area (Å²) in [6, 6.07) is 15.3. The summed E-state index contributed by atoms with van der Waals surface area (Å²) in [5, 5.41) is 2.88. The van der Waals surface area contributed by atoms with Crippen molar-refractivity contribution in [2.75, 3.05) is 5.43 Å². The average Bonchev–Trinajstić information content (AvgIpc) is 2.46. The van der Waals surface area contributed by atoms with E-state index in [2.05, 4.69) is 10.7 Å². The van der Waals surface area contributed by atoms with Crippen molar-refractivity contribution < 1.29 is 4.79 Å². The number of rotatable bonds is 4. The number of carbonyl (C=O) groups is 1. The third-order valence-electron chi connectivity index (χ3n) is 2.87. The second-order valence-corrected chi connectivity index (χ2v) is 4.36. The Morgan fingerprint density at radius 1 is 1.16 bits per heavy atom. The Morgan fingerprint density at radius 2 is 1.89 bits per heavy atom. The predicted molar refractivity (Wildman–Crippen MR) is 76.6 cm³/mol. The van der Waals surface area contributed by atoms with Crippen LogP contribution in [0.25, 0.3) is 0 Å². The minimum absolute atomic E-state index is 0.138. The Balaban J connectivity index is 2.10. The summed E-state index contributed by atoms with van der Waals surface area (Å²) < 4.78 is 0. The van der Waals surface area contributed by atoms with Crippen molar-refractivity contribution in [3.05, 3.63) is 65.2 Å². The summed E-state index contributed by atoms with van der Waals surface area (Å²) in [5.74, 6) is 5.28. The number of aryl methyl sites for hydroxylation is 1. The molecule has 2 aromatic carbocycles. The van der Waals surface area contributed by atoms with E-state index >= 15 is 0 Å². The molecule has 19 heavy (non-hydrogen) atoms. The smallest absolute Gasteiger partial charge is 0.253 e. The fourth-order valence-corrected chi connectivity index (χ4v) is 1.85. The highest BCUT2D eigenvalue weighted by molar-refractivity contribution is 5.99. The lowest BCUT2D eigenvalue weighted by atomic mass is 10.1. The van der Waals surface area contributed by atoms with Crippen molar-refractivity contribution in [3.8, 4) is 0 Å². The Bertz CT molecular complexity index is 567. The van der Waals surface area contributed by atoms with E-state index in [0.29, 0.717) is 17.8 Å². The Labute approximate surface area is 112 Å². The van der Waals surface area contributed by atoms with Gasteiger partial charge in [-0.15, -0.1) is 0 Å².